The van der Waals surface area contributed by atoms with E-state index >= 15 is 0 Å². The summed E-state index contributed by atoms with van der Waals surface area (Å²) in [6.07, 6.45) is 3.57. The number of sulfonamides is 1. The number of amides is 1. The molecule has 0 radical (unpaired) electrons. The average molecular weight is 328 g/mol. The fourth-order valence-electron chi connectivity index (χ4n) is 2.19. The van der Waals surface area contributed by atoms with Gasteiger partial charge in [-0.1, -0.05) is 26.7 Å². The number of primary sulfonamides is 1. The van der Waals surface area contributed by atoms with Crippen LogP contribution >= 0.6 is 0 Å². The van der Waals surface area contributed by atoms with Crippen LogP contribution in [0.2, 0.25) is 0 Å². The first-order valence-corrected chi connectivity index (χ1v) is 8.89. The summed E-state index contributed by atoms with van der Waals surface area (Å²) in [4.78, 5) is 12.1. The molecule has 7 heteroatoms. The molecular formula is C15H24N2O4S. The molecule has 0 saturated carbocycles. The van der Waals surface area contributed by atoms with Gasteiger partial charge in [-0.05, 0) is 31.0 Å². The third-order valence-electron chi connectivity index (χ3n) is 3.51. The summed E-state index contributed by atoms with van der Waals surface area (Å²) in [6.45, 7) is 4.04. The normalized spacial score (nSPS) is 12.7. The van der Waals surface area contributed by atoms with Crippen LogP contribution in [-0.4, -0.2) is 21.4 Å². The number of unbranched alkanes of at least 4 members (excludes halogenated alkanes) is 1. The lowest BCUT2D eigenvalue weighted by molar-refractivity contribution is -0.120. The molecule has 0 aliphatic heterocycles. The smallest absolute Gasteiger partial charge is 0.241 e. The lowest BCUT2D eigenvalue weighted by Crippen LogP contribution is -2.22. The Labute approximate surface area is 132 Å². The Morgan fingerprint density at radius 3 is 2.55 bits per heavy atom. The van der Waals surface area contributed by atoms with Crippen LogP contribution in [0.1, 0.15) is 39.5 Å². The number of rotatable bonds is 8. The van der Waals surface area contributed by atoms with Crippen molar-refractivity contribution in [3.63, 3.8) is 0 Å². The minimum Gasteiger partial charge on any atom is -0.495 e. The summed E-state index contributed by atoms with van der Waals surface area (Å²) >= 11 is 0. The number of hydrogen-bond donors (Lipinski definition) is 2. The van der Waals surface area contributed by atoms with E-state index in [1.54, 1.807) is 6.07 Å². The molecule has 22 heavy (non-hydrogen) atoms. The predicted molar refractivity (Wildman–Crippen MR) is 86.3 cm³/mol. The first kappa shape index (κ1) is 18.4. The lowest BCUT2D eigenvalue weighted by atomic mass is 9.98. The van der Waals surface area contributed by atoms with Crippen molar-refractivity contribution in [2.24, 2.45) is 11.1 Å². The van der Waals surface area contributed by atoms with Gasteiger partial charge in [0.25, 0.3) is 0 Å². The minimum atomic E-state index is -3.92. The molecule has 1 amide bonds. The molecule has 0 fully saturated rings. The molecule has 6 nitrogen and oxygen atoms in total. The van der Waals surface area contributed by atoms with E-state index in [1.807, 2.05) is 6.92 Å². The second-order valence-corrected chi connectivity index (χ2v) is 6.68. The maximum atomic E-state index is 12.2. The number of ether oxygens (including phenoxy) is 1. The maximum absolute atomic E-state index is 12.2. The van der Waals surface area contributed by atoms with Gasteiger partial charge in [0.1, 0.15) is 10.6 Å². The summed E-state index contributed by atoms with van der Waals surface area (Å²) in [7, 11) is -2.56. The van der Waals surface area contributed by atoms with Gasteiger partial charge >= 0.3 is 0 Å². The third kappa shape index (κ3) is 4.99. The average Bonchev–Trinajstić information content (AvgIpc) is 2.47. The first-order valence-electron chi connectivity index (χ1n) is 7.35. The van der Waals surface area contributed by atoms with E-state index in [0.29, 0.717) is 5.69 Å². The van der Waals surface area contributed by atoms with Gasteiger partial charge in [-0.2, -0.15) is 0 Å². The number of hydrogen-bond acceptors (Lipinski definition) is 4. The van der Waals surface area contributed by atoms with E-state index in [4.69, 9.17) is 9.88 Å². The standard InChI is InChI=1S/C15H24N2O4S/c1-4-6-7-11(5-2)15(18)17-12-8-9-13(21-3)14(10-12)22(16,19)20/h8-11H,4-7H2,1-3H3,(H,17,18)(H2,16,19,20). The molecule has 0 aliphatic carbocycles. The molecule has 0 bridgehead atoms. The fourth-order valence-corrected chi connectivity index (χ4v) is 2.92. The van der Waals surface area contributed by atoms with Gasteiger partial charge in [0.15, 0.2) is 0 Å². The minimum absolute atomic E-state index is 0.0833. The summed E-state index contributed by atoms with van der Waals surface area (Å²) in [5.41, 5.74) is 0.393. The number of nitrogens with two attached hydrogens (primary N) is 1. The SMILES string of the molecule is CCCCC(CC)C(=O)Nc1ccc(OC)c(S(N)(=O)=O)c1. The van der Waals surface area contributed by atoms with Crippen LogP contribution < -0.4 is 15.2 Å². The van der Waals surface area contributed by atoms with Gasteiger partial charge in [0, 0.05) is 11.6 Å². The molecule has 1 atom stereocenters. The van der Waals surface area contributed by atoms with Crippen molar-refractivity contribution in [3.05, 3.63) is 18.2 Å². The number of benzene rings is 1. The monoisotopic (exact) mass is 328 g/mol. The highest BCUT2D eigenvalue weighted by molar-refractivity contribution is 7.89. The van der Waals surface area contributed by atoms with Crippen molar-refractivity contribution in [1.82, 2.24) is 0 Å². The molecular weight excluding hydrogens is 304 g/mol. The molecule has 0 aromatic heterocycles. The number of methoxy groups -OCH3 is 1. The third-order valence-corrected chi connectivity index (χ3v) is 4.44. The molecule has 0 spiro atoms. The Morgan fingerprint density at radius 2 is 2.05 bits per heavy atom. The van der Waals surface area contributed by atoms with Crippen LogP contribution in [0.4, 0.5) is 5.69 Å². The van der Waals surface area contributed by atoms with Crippen molar-refractivity contribution in [3.8, 4) is 5.75 Å². The van der Waals surface area contributed by atoms with Crippen LogP contribution in [0.15, 0.2) is 23.1 Å². The second kappa shape index (κ2) is 8.14. The number of carbonyl (C=O) groups is 1. The molecule has 3 N–H and O–H groups in total. The topological polar surface area (TPSA) is 98.5 Å². The number of nitrogens with one attached hydrogen (secondary N) is 1. The van der Waals surface area contributed by atoms with Crippen molar-refractivity contribution >= 4 is 21.6 Å². The second-order valence-electron chi connectivity index (χ2n) is 5.15. The zero-order valence-corrected chi connectivity index (χ0v) is 14.1. The Kier molecular flexibility index (Phi) is 6.83. The van der Waals surface area contributed by atoms with Gasteiger partial charge in [-0.25, -0.2) is 13.6 Å². The Hall–Kier alpha value is -1.60. The van der Waals surface area contributed by atoms with Crippen LogP contribution in [-0.2, 0) is 14.8 Å². The zero-order valence-electron chi connectivity index (χ0n) is 13.3. The fraction of sp³-hybridized carbons (Fsp3) is 0.533. The Balaban J connectivity index is 2.96. The molecule has 1 rings (SSSR count). The number of carbonyl (C=O) groups excluding carboxylic acids is 1. The first-order chi connectivity index (χ1) is 10.3. The van der Waals surface area contributed by atoms with Crippen molar-refractivity contribution in [1.29, 1.82) is 0 Å². The Morgan fingerprint density at radius 1 is 1.36 bits per heavy atom. The summed E-state index contributed by atoms with van der Waals surface area (Å²) in [5, 5.41) is 7.92. The van der Waals surface area contributed by atoms with E-state index in [1.165, 1.54) is 19.2 Å². The Bertz CT molecular complexity index is 614. The molecule has 0 heterocycles. The van der Waals surface area contributed by atoms with E-state index < -0.39 is 10.0 Å². The zero-order chi connectivity index (χ0) is 16.8. The van der Waals surface area contributed by atoms with Crippen LogP contribution in [0, 0.1) is 5.92 Å². The molecule has 0 aliphatic rings. The van der Waals surface area contributed by atoms with Gasteiger partial charge in [-0.15, -0.1) is 0 Å². The van der Waals surface area contributed by atoms with Crippen molar-refractivity contribution in [2.45, 2.75) is 44.4 Å². The molecule has 124 valence electrons. The largest absolute Gasteiger partial charge is 0.495 e. The van der Waals surface area contributed by atoms with Gasteiger partial charge < -0.3 is 10.1 Å². The number of anilines is 1. The summed E-state index contributed by atoms with van der Waals surface area (Å²) in [5.74, 6) is -0.0417. The van der Waals surface area contributed by atoms with Crippen molar-refractivity contribution in [2.75, 3.05) is 12.4 Å². The van der Waals surface area contributed by atoms with E-state index in [-0.39, 0.29) is 22.5 Å². The summed E-state index contributed by atoms with van der Waals surface area (Å²) < 4.78 is 28.1. The van der Waals surface area contributed by atoms with Crippen LogP contribution in [0.25, 0.3) is 0 Å². The molecule has 0 saturated heterocycles. The van der Waals surface area contributed by atoms with E-state index in [0.717, 1.165) is 25.7 Å². The lowest BCUT2D eigenvalue weighted by Gasteiger charge is -2.15. The molecule has 1 aromatic carbocycles. The van der Waals surface area contributed by atoms with Gasteiger partial charge in [0.05, 0.1) is 7.11 Å². The summed E-state index contributed by atoms with van der Waals surface area (Å²) in [6, 6.07) is 4.39. The van der Waals surface area contributed by atoms with Crippen LogP contribution in [0.3, 0.4) is 0 Å². The van der Waals surface area contributed by atoms with E-state index in [9.17, 15) is 13.2 Å². The van der Waals surface area contributed by atoms with Crippen LogP contribution in [0.5, 0.6) is 5.75 Å². The highest BCUT2D eigenvalue weighted by Crippen LogP contribution is 2.26. The highest BCUT2D eigenvalue weighted by Gasteiger charge is 2.19. The molecule has 1 unspecified atom stereocenters. The van der Waals surface area contributed by atoms with Gasteiger partial charge in [0.2, 0.25) is 15.9 Å². The van der Waals surface area contributed by atoms with Gasteiger partial charge in [-0.3, -0.25) is 4.79 Å². The van der Waals surface area contributed by atoms with Crippen molar-refractivity contribution < 1.29 is 17.9 Å². The van der Waals surface area contributed by atoms with E-state index in [2.05, 4.69) is 12.2 Å². The predicted octanol–water partition coefficient (Wildman–Crippen LogP) is 2.50. The quantitative estimate of drug-likeness (QED) is 0.766. The molecule has 1 aromatic rings. The highest BCUT2D eigenvalue weighted by atomic mass is 32.2. The maximum Gasteiger partial charge on any atom is 0.241 e.